The van der Waals surface area contributed by atoms with Gasteiger partial charge in [-0.05, 0) is 18.4 Å². The Labute approximate surface area is 178 Å². The van der Waals surface area contributed by atoms with Crippen molar-refractivity contribution in [3.8, 4) is 0 Å². The molecule has 1 aromatic heterocycles. The van der Waals surface area contributed by atoms with Crippen LogP contribution in [-0.2, 0) is 16.6 Å². The molecular formula is C18H30Cl2N6O2. The highest BCUT2D eigenvalue weighted by atomic mass is 35.5. The van der Waals surface area contributed by atoms with Crippen LogP contribution in [0.2, 0.25) is 0 Å². The maximum Gasteiger partial charge on any atom is 0.234 e. The Hall–Kier alpha value is -1.35. The van der Waals surface area contributed by atoms with Crippen molar-refractivity contribution in [2.75, 3.05) is 45.8 Å². The van der Waals surface area contributed by atoms with Gasteiger partial charge in [-0.2, -0.15) is 5.10 Å². The summed E-state index contributed by atoms with van der Waals surface area (Å²) >= 11 is 0. The molecular weight excluding hydrogens is 403 g/mol. The predicted octanol–water partition coefficient (Wildman–Crippen LogP) is -0.0105. The van der Waals surface area contributed by atoms with Crippen LogP contribution in [0.15, 0.2) is 12.4 Å². The van der Waals surface area contributed by atoms with Gasteiger partial charge >= 0.3 is 0 Å². The van der Waals surface area contributed by atoms with E-state index in [1.54, 1.807) is 4.68 Å². The van der Waals surface area contributed by atoms with Crippen molar-refractivity contribution in [1.82, 2.24) is 30.2 Å². The highest BCUT2D eigenvalue weighted by Crippen LogP contribution is 2.29. The first kappa shape index (κ1) is 22.9. The van der Waals surface area contributed by atoms with E-state index in [0.29, 0.717) is 25.7 Å². The van der Waals surface area contributed by atoms with Gasteiger partial charge in [0.25, 0.3) is 0 Å². The lowest BCUT2D eigenvalue weighted by Gasteiger charge is -2.36. The van der Waals surface area contributed by atoms with E-state index in [1.807, 2.05) is 24.3 Å². The Morgan fingerprint density at radius 3 is 2.50 bits per heavy atom. The average molecular weight is 433 g/mol. The van der Waals surface area contributed by atoms with E-state index in [9.17, 15) is 9.59 Å². The molecule has 4 rings (SSSR count). The summed E-state index contributed by atoms with van der Waals surface area (Å²) in [4.78, 5) is 29.1. The molecule has 2 amide bonds. The molecule has 2 atom stereocenters. The van der Waals surface area contributed by atoms with Gasteiger partial charge in [-0.1, -0.05) is 0 Å². The van der Waals surface area contributed by atoms with E-state index in [2.05, 4.69) is 20.6 Å². The first-order valence-corrected chi connectivity index (χ1v) is 9.60. The van der Waals surface area contributed by atoms with Gasteiger partial charge in [-0.3, -0.25) is 19.2 Å². The molecule has 28 heavy (non-hydrogen) atoms. The van der Waals surface area contributed by atoms with Gasteiger partial charge < -0.3 is 15.5 Å². The summed E-state index contributed by atoms with van der Waals surface area (Å²) in [6.07, 6.45) is 6.10. The van der Waals surface area contributed by atoms with Crippen LogP contribution in [0.5, 0.6) is 0 Å². The Morgan fingerprint density at radius 1 is 1.18 bits per heavy atom. The molecule has 3 heterocycles. The van der Waals surface area contributed by atoms with Crippen LogP contribution in [0.25, 0.3) is 0 Å². The monoisotopic (exact) mass is 432 g/mol. The predicted molar refractivity (Wildman–Crippen MR) is 111 cm³/mol. The zero-order valence-electron chi connectivity index (χ0n) is 16.2. The molecule has 1 aliphatic carbocycles. The number of aryl methyl sites for hydroxylation is 1. The lowest BCUT2D eigenvalue weighted by Crippen LogP contribution is -2.53. The minimum absolute atomic E-state index is 0. The second-order valence-corrected chi connectivity index (χ2v) is 7.76. The summed E-state index contributed by atoms with van der Waals surface area (Å²) in [6, 6.07) is 0.407. The number of carbonyl (C=O) groups excluding carboxylic acids is 2. The van der Waals surface area contributed by atoms with Crippen molar-refractivity contribution in [3.05, 3.63) is 18.0 Å². The largest absolute Gasteiger partial charge is 0.352 e. The molecule has 2 aliphatic heterocycles. The normalized spacial score (nSPS) is 25.0. The molecule has 0 radical (unpaired) electrons. The molecule has 0 unspecified atom stereocenters. The number of rotatable bonds is 5. The number of piperazine rings is 1. The Morgan fingerprint density at radius 2 is 1.89 bits per heavy atom. The number of carbonyl (C=O) groups is 2. The summed E-state index contributed by atoms with van der Waals surface area (Å²) in [6.45, 7) is 4.92. The van der Waals surface area contributed by atoms with Gasteiger partial charge in [-0.25, -0.2) is 0 Å². The molecule has 0 bridgehead atoms. The van der Waals surface area contributed by atoms with Crippen LogP contribution >= 0.6 is 24.8 Å². The van der Waals surface area contributed by atoms with E-state index in [1.165, 1.54) is 0 Å². The molecule has 10 heteroatoms. The fourth-order valence-electron chi connectivity index (χ4n) is 3.99. The molecule has 158 valence electrons. The second-order valence-electron chi connectivity index (χ2n) is 7.76. The quantitative estimate of drug-likeness (QED) is 0.683. The van der Waals surface area contributed by atoms with Crippen molar-refractivity contribution < 1.29 is 9.59 Å². The van der Waals surface area contributed by atoms with Crippen LogP contribution in [0.1, 0.15) is 24.3 Å². The van der Waals surface area contributed by atoms with E-state index in [0.717, 1.165) is 44.6 Å². The third kappa shape index (κ3) is 5.37. The van der Waals surface area contributed by atoms with Crippen molar-refractivity contribution in [2.45, 2.75) is 24.8 Å². The summed E-state index contributed by atoms with van der Waals surface area (Å²) in [7, 11) is 1.90. The topological polar surface area (TPSA) is 82.5 Å². The third-order valence-electron chi connectivity index (χ3n) is 5.68. The number of hydrogen-bond acceptors (Lipinski definition) is 5. The molecule has 2 saturated heterocycles. The minimum Gasteiger partial charge on any atom is -0.352 e. The Bertz CT molecular complexity index is 673. The molecule has 3 fully saturated rings. The summed E-state index contributed by atoms with van der Waals surface area (Å²) in [5, 5.41) is 10.6. The Balaban J connectivity index is 0.00000140. The molecule has 1 saturated carbocycles. The van der Waals surface area contributed by atoms with Crippen LogP contribution in [0, 0.1) is 5.92 Å². The highest BCUT2D eigenvalue weighted by molar-refractivity contribution is 5.85. The number of halogens is 2. The van der Waals surface area contributed by atoms with Crippen molar-refractivity contribution >= 4 is 36.6 Å². The van der Waals surface area contributed by atoms with Crippen molar-refractivity contribution in [1.29, 1.82) is 0 Å². The molecule has 3 aliphatic rings. The number of aromatic nitrogens is 2. The van der Waals surface area contributed by atoms with Gasteiger partial charge in [0.2, 0.25) is 11.8 Å². The molecule has 2 N–H and O–H groups in total. The zero-order valence-corrected chi connectivity index (χ0v) is 17.8. The summed E-state index contributed by atoms with van der Waals surface area (Å²) in [5.74, 6) is 0.511. The zero-order chi connectivity index (χ0) is 18.1. The van der Waals surface area contributed by atoms with Gasteiger partial charge in [0, 0.05) is 64.5 Å². The number of amides is 2. The number of nitrogens with one attached hydrogen (secondary N) is 2. The molecule has 0 spiro atoms. The maximum atomic E-state index is 13.0. The molecule has 8 nitrogen and oxygen atoms in total. The van der Waals surface area contributed by atoms with Crippen LogP contribution in [-0.4, -0.2) is 83.2 Å². The summed E-state index contributed by atoms with van der Waals surface area (Å²) in [5.41, 5.74) is 1.13. The highest BCUT2D eigenvalue weighted by Gasteiger charge is 2.38. The fraction of sp³-hybridized carbons (Fsp3) is 0.722. The average Bonchev–Trinajstić information content (AvgIpc) is 3.13. The fourth-order valence-corrected chi connectivity index (χ4v) is 3.99. The van der Waals surface area contributed by atoms with E-state index < -0.39 is 0 Å². The van der Waals surface area contributed by atoms with Gasteiger partial charge in [0.15, 0.2) is 0 Å². The smallest absolute Gasteiger partial charge is 0.234 e. The van der Waals surface area contributed by atoms with E-state index in [-0.39, 0.29) is 48.5 Å². The van der Waals surface area contributed by atoms with E-state index in [4.69, 9.17) is 0 Å². The third-order valence-corrected chi connectivity index (χ3v) is 5.68. The van der Waals surface area contributed by atoms with Crippen molar-refractivity contribution in [2.24, 2.45) is 13.0 Å². The van der Waals surface area contributed by atoms with Crippen LogP contribution in [0.3, 0.4) is 0 Å². The lowest BCUT2D eigenvalue weighted by molar-refractivity contribution is -0.137. The van der Waals surface area contributed by atoms with Crippen LogP contribution < -0.4 is 10.6 Å². The molecule has 0 aromatic carbocycles. The van der Waals surface area contributed by atoms with Crippen LogP contribution in [0.4, 0.5) is 0 Å². The van der Waals surface area contributed by atoms with Crippen molar-refractivity contribution in [3.63, 3.8) is 0 Å². The van der Waals surface area contributed by atoms with Gasteiger partial charge in [0.05, 0.1) is 18.7 Å². The number of hydrogen-bond donors (Lipinski definition) is 2. The first-order valence-electron chi connectivity index (χ1n) is 9.60. The van der Waals surface area contributed by atoms with E-state index >= 15 is 0 Å². The standard InChI is InChI=1S/C18H28N6O2.2ClH/c1-22-11-13(8-20-22)15-9-19-10-16(15)18(26)24-6-4-23(5-7-24)12-17(25)21-14-2-3-14;;/h8,11,14-16,19H,2-7,9-10,12H2,1H3,(H,21,25);2*1H/t15-,16+;;/m1../s1. The molecule has 1 aromatic rings. The summed E-state index contributed by atoms with van der Waals surface area (Å²) < 4.78 is 1.79. The first-order chi connectivity index (χ1) is 12.6. The van der Waals surface area contributed by atoms with Gasteiger partial charge in [-0.15, -0.1) is 24.8 Å². The van der Waals surface area contributed by atoms with Gasteiger partial charge in [0.1, 0.15) is 0 Å². The second kappa shape index (κ2) is 9.91. The maximum absolute atomic E-state index is 13.0. The SMILES string of the molecule is Cl.Cl.Cn1cc([C@H]2CNC[C@@H]2C(=O)N2CCN(CC(=O)NC3CC3)CC2)cn1. The lowest BCUT2D eigenvalue weighted by atomic mass is 9.89. The number of nitrogens with zero attached hydrogens (tertiary/aromatic N) is 4. The Kier molecular flexibility index (Phi) is 8.12. The minimum atomic E-state index is -0.0242.